The third kappa shape index (κ3) is 1.80. The van der Waals surface area contributed by atoms with E-state index in [1.807, 2.05) is 0 Å². The first kappa shape index (κ1) is 8.71. The van der Waals surface area contributed by atoms with E-state index >= 15 is 0 Å². The van der Waals surface area contributed by atoms with Gasteiger partial charge in [-0.15, -0.1) is 0 Å². The lowest BCUT2D eigenvalue weighted by molar-refractivity contribution is -0.149. The van der Waals surface area contributed by atoms with Crippen LogP contribution in [0.2, 0.25) is 0 Å². The second-order valence-corrected chi connectivity index (χ2v) is 2.81. The van der Waals surface area contributed by atoms with Crippen molar-refractivity contribution in [3.63, 3.8) is 0 Å². The molecule has 1 saturated heterocycles. The van der Waals surface area contributed by atoms with Gasteiger partial charge in [-0.2, -0.15) is 0 Å². The first-order chi connectivity index (χ1) is 5.19. The summed E-state index contributed by atoms with van der Waals surface area (Å²) in [6.45, 7) is 4.24. The van der Waals surface area contributed by atoms with E-state index in [2.05, 4.69) is 6.58 Å². The van der Waals surface area contributed by atoms with Crippen molar-refractivity contribution in [2.75, 3.05) is 19.8 Å². The maximum Gasteiger partial charge on any atom is 0.227 e. The highest BCUT2D eigenvalue weighted by atomic mass is 35.5. The molecule has 1 aliphatic heterocycles. The Balaban J connectivity index is 2.63. The minimum Gasteiger partial charge on any atom is -0.374 e. The van der Waals surface area contributed by atoms with Crippen LogP contribution in [0.15, 0.2) is 12.7 Å². The van der Waals surface area contributed by atoms with E-state index in [1.54, 1.807) is 0 Å². The van der Waals surface area contributed by atoms with Gasteiger partial charge in [0.15, 0.2) is 0 Å². The fraction of sp³-hybridized carbons (Fsp3) is 0.571. The summed E-state index contributed by atoms with van der Waals surface area (Å²) < 4.78 is 10.0. The number of alkyl halides is 1. The van der Waals surface area contributed by atoms with Crippen LogP contribution in [0.25, 0.3) is 0 Å². The van der Waals surface area contributed by atoms with E-state index in [9.17, 15) is 4.79 Å². The molecule has 1 atom stereocenters. The highest BCUT2D eigenvalue weighted by molar-refractivity contribution is 6.35. The summed E-state index contributed by atoms with van der Waals surface area (Å²) in [7, 11) is 0. The minimum absolute atomic E-state index is 0.0966. The number of halogens is 1. The number of ether oxygens (including phenoxy) is 2. The molecule has 0 saturated carbocycles. The minimum atomic E-state index is -1.32. The van der Waals surface area contributed by atoms with E-state index in [0.717, 1.165) is 6.08 Å². The molecule has 0 N–H and O–H groups in total. The molecule has 0 amide bonds. The molecule has 0 radical (unpaired) electrons. The van der Waals surface area contributed by atoms with Crippen LogP contribution in [0, 0.1) is 0 Å². The van der Waals surface area contributed by atoms with Gasteiger partial charge in [0.1, 0.15) is 0 Å². The van der Waals surface area contributed by atoms with Crippen LogP contribution >= 0.6 is 11.6 Å². The van der Waals surface area contributed by atoms with Gasteiger partial charge in [-0.25, -0.2) is 0 Å². The maximum absolute atomic E-state index is 11.0. The Bertz CT molecular complexity index is 173. The van der Waals surface area contributed by atoms with Crippen molar-refractivity contribution in [2.45, 2.75) is 5.06 Å². The molecule has 0 aromatic heterocycles. The molecule has 1 fully saturated rings. The first-order valence-electron chi connectivity index (χ1n) is 3.26. The van der Waals surface area contributed by atoms with Crippen molar-refractivity contribution in [1.82, 2.24) is 0 Å². The molecule has 3 nitrogen and oxygen atoms in total. The number of hydrogen-bond acceptors (Lipinski definition) is 3. The summed E-state index contributed by atoms with van der Waals surface area (Å²) in [5.41, 5.74) is 0. The highest BCUT2D eigenvalue weighted by Gasteiger charge is 2.37. The quantitative estimate of drug-likeness (QED) is 0.460. The fourth-order valence-corrected chi connectivity index (χ4v) is 1.03. The number of carbonyl (C=O) groups is 1. The van der Waals surface area contributed by atoms with Crippen LogP contribution in [0.1, 0.15) is 0 Å². The van der Waals surface area contributed by atoms with Crippen LogP contribution < -0.4 is 0 Å². The fourth-order valence-electron chi connectivity index (χ4n) is 0.802. The van der Waals surface area contributed by atoms with Gasteiger partial charge in [-0.3, -0.25) is 4.79 Å². The number of carbonyl (C=O) groups excluding carboxylic acids is 1. The zero-order chi connectivity index (χ0) is 8.32. The lowest BCUT2D eigenvalue weighted by Gasteiger charge is -2.28. The Morgan fingerprint density at radius 3 is 2.82 bits per heavy atom. The highest BCUT2D eigenvalue weighted by Crippen LogP contribution is 2.22. The molecule has 62 valence electrons. The van der Waals surface area contributed by atoms with Crippen LogP contribution in [-0.4, -0.2) is 30.7 Å². The van der Waals surface area contributed by atoms with Crippen LogP contribution in [0.3, 0.4) is 0 Å². The zero-order valence-corrected chi connectivity index (χ0v) is 6.76. The van der Waals surface area contributed by atoms with E-state index in [-0.39, 0.29) is 12.4 Å². The number of ketones is 1. The summed E-state index contributed by atoms with van der Waals surface area (Å²) in [4.78, 5) is 11.0. The Kier molecular flexibility index (Phi) is 2.65. The molecule has 0 aromatic carbocycles. The second kappa shape index (κ2) is 3.34. The number of rotatable bonds is 2. The van der Waals surface area contributed by atoms with E-state index in [4.69, 9.17) is 21.1 Å². The Morgan fingerprint density at radius 2 is 2.36 bits per heavy atom. The van der Waals surface area contributed by atoms with Crippen molar-refractivity contribution in [3.05, 3.63) is 12.7 Å². The summed E-state index contributed by atoms with van der Waals surface area (Å²) in [5.74, 6) is -0.348. The van der Waals surface area contributed by atoms with Crippen LogP contribution in [0.5, 0.6) is 0 Å². The third-order valence-electron chi connectivity index (χ3n) is 1.40. The summed E-state index contributed by atoms with van der Waals surface area (Å²) in [6.07, 6.45) is 1.14. The number of hydrogen-bond donors (Lipinski definition) is 0. The molecule has 1 rings (SSSR count). The maximum atomic E-state index is 11.0. The largest absolute Gasteiger partial charge is 0.374 e. The van der Waals surface area contributed by atoms with Crippen LogP contribution in [-0.2, 0) is 14.3 Å². The predicted octanol–water partition coefficient (Wildman–Crippen LogP) is 0.723. The van der Waals surface area contributed by atoms with Gasteiger partial charge < -0.3 is 9.47 Å². The average Bonchev–Trinajstić information content (AvgIpc) is 2.04. The molecule has 1 aliphatic rings. The molecule has 11 heavy (non-hydrogen) atoms. The second-order valence-electron chi connectivity index (χ2n) is 2.20. The molecule has 0 spiro atoms. The van der Waals surface area contributed by atoms with Crippen molar-refractivity contribution in [3.8, 4) is 0 Å². The molecule has 0 aliphatic carbocycles. The molecule has 1 unspecified atom stereocenters. The zero-order valence-electron chi connectivity index (χ0n) is 6.01. The Labute approximate surface area is 69.9 Å². The Hall–Kier alpha value is -0.380. The van der Waals surface area contributed by atoms with Crippen LogP contribution in [0.4, 0.5) is 0 Å². The van der Waals surface area contributed by atoms with E-state index in [0.29, 0.717) is 13.2 Å². The van der Waals surface area contributed by atoms with E-state index in [1.165, 1.54) is 0 Å². The molecule has 1 heterocycles. The topological polar surface area (TPSA) is 35.5 Å². The molecule has 0 aromatic rings. The van der Waals surface area contributed by atoms with Gasteiger partial charge in [-0.1, -0.05) is 18.2 Å². The van der Waals surface area contributed by atoms with Crippen molar-refractivity contribution in [1.29, 1.82) is 0 Å². The summed E-state index contributed by atoms with van der Waals surface area (Å²) in [5, 5.41) is -1.32. The van der Waals surface area contributed by atoms with Gasteiger partial charge in [0.25, 0.3) is 0 Å². The average molecular weight is 177 g/mol. The van der Waals surface area contributed by atoms with Gasteiger partial charge >= 0.3 is 0 Å². The monoisotopic (exact) mass is 176 g/mol. The first-order valence-corrected chi connectivity index (χ1v) is 3.64. The Morgan fingerprint density at radius 1 is 1.64 bits per heavy atom. The van der Waals surface area contributed by atoms with Crippen molar-refractivity contribution >= 4 is 17.4 Å². The van der Waals surface area contributed by atoms with Crippen molar-refractivity contribution in [2.24, 2.45) is 0 Å². The van der Waals surface area contributed by atoms with E-state index < -0.39 is 5.06 Å². The van der Waals surface area contributed by atoms with Crippen molar-refractivity contribution < 1.29 is 14.3 Å². The standard InChI is InChI=1S/C7H9ClO3/c1-2-6(9)7(8)5-10-3-4-11-7/h2H,1,3-5H2. The van der Waals surface area contributed by atoms with Gasteiger partial charge in [-0.05, 0) is 6.08 Å². The molecule has 4 heteroatoms. The molecular weight excluding hydrogens is 168 g/mol. The van der Waals surface area contributed by atoms with Gasteiger partial charge in [0.05, 0.1) is 19.8 Å². The van der Waals surface area contributed by atoms with Gasteiger partial charge in [0.2, 0.25) is 10.8 Å². The lowest BCUT2D eigenvalue weighted by Crippen LogP contribution is -2.44. The molecular formula is C7H9ClO3. The smallest absolute Gasteiger partial charge is 0.227 e. The van der Waals surface area contributed by atoms with Gasteiger partial charge in [0, 0.05) is 0 Å². The third-order valence-corrected chi connectivity index (χ3v) is 1.80. The molecule has 0 bridgehead atoms. The predicted molar refractivity (Wildman–Crippen MR) is 40.6 cm³/mol. The lowest BCUT2D eigenvalue weighted by atomic mass is 10.2. The summed E-state index contributed by atoms with van der Waals surface area (Å²) >= 11 is 5.76. The summed E-state index contributed by atoms with van der Waals surface area (Å²) in [6, 6.07) is 0. The SMILES string of the molecule is C=CC(=O)C1(Cl)COCCO1. The normalized spacial score (nSPS) is 31.4.